The van der Waals surface area contributed by atoms with Gasteiger partial charge in [-0.15, -0.1) is 0 Å². The number of aromatic amines is 1. The number of carbonyl (C=O) groups is 1. The van der Waals surface area contributed by atoms with E-state index in [1.165, 1.54) is 0 Å². The minimum Gasteiger partial charge on any atom is -0.374 e. The standard InChI is InChI=1S/C17H20N4O3/c22-17(13-5-7-19-20-13)21-8-9-23-15-4-3-14(21)16(15)24-11-12-2-1-6-18-10-12/h1-2,5-7,10,14-16H,3-4,8-9,11H2,(H,19,20). The lowest BCUT2D eigenvalue weighted by molar-refractivity contribution is -0.0598. The molecule has 1 aliphatic heterocycles. The predicted molar refractivity (Wildman–Crippen MR) is 85.2 cm³/mol. The lowest BCUT2D eigenvalue weighted by Gasteiger charge is -2.31. The van der Waals surface area contributed by atoms with E-state index < -0.39 is 0 Å². The molecule has 1 aliphatic carbocycles. The van der Waals surface area contributed by atoms with Crippen LogP contribution in [0.3, 0.4) is 0 Å². The number of hydrogen-bond acceptors (Lipinski definition) is 5. The minimum absolute atomic E-state index is 0.0324. The smallest absolute Gasteiger partial charge is 0.272 e. The molecular weight excluding hydrogens is 308 g/mol. The fraction of sp³-hybridized carbons (Fsp3) is 0.471. The molecule has 2 aromatic heterocycles. The van der Waals surface area contributed by atoms with Crippen molar-refractivity contribution < 1.29 is 14.3 Å². The highest BCUT2D eigenvalue weighted by Crippen LogP contribution is 2.33. The number of rotatable bonds is 4. The van der Waals surface area contributed by atoms with Crippen molar-refractivity contribution in [2.75, 3.05) is 13.2 Å². The molecule has 2 aliphatic rings. The SMILES string of the molecule is O=C(c1ccn[nH]1)N1CCOC2CCC1C2OCc1cccnc1. The van der Waals surface area contributed by atoms with Gasteiger partial charge in [-0.1, -0.05) is 6.07 Å². The Hall–Kier alpha value is -2.25. The third-order valence-corrected chi connectivity index (χ3v) is 4.71. The molecule has 4 rings (SSSR count). The van der Waals surface area contributed by atoms with Gasteiger partial charge in [0.05, 0.1) is 25.4 Å². The van der Waals surface area contributed by atoms with Crippen LogP contribution in [-0.4, -0.2) is 57.4 Å². The number of fused-ring (bicyclic) bond motifs is 2. The van der Waals surface area contributed by atoms with Crippen molar-refractivity contribution >= 4 is 5.91 Å². The summed E-state index contributed by atoms with van der Waals surface area (Å²) >= 11 is 0. The number of nitrogens with zero attached hydrogens (tertiary/aromatic N) is 3. The molecule has 3 unspecified atom stereocenters. The number of carbonyl (C=O) groups excluding carboxylic acids is 1. The minimum atomic E-state index is -0.112. The second kappa shape index (κ2) is 6.70. The van der Waals surface area contributed by atoms with Gasteiger partial charge in [-0.3, -0.25) is 14.9 Å². The van der Waals surface area contributed by atoms with Gasteiger partial charge in [0.25, 0.3) is 5.91 Å². The summed E-state index contributed by atoms with van der Waals surface area (Å²) in [4.78, 5) is 18.7. The van der Waals surface area contributed by atoms with Gasteiger partial charge in [0.2, 0.25) is 0 Å². The summed E-state index contributed by atoms with van der Waals surface area (Å²) < 4.78 is 12.1. The second-order valence-electron chi connectivity index (χ2n) is 6.16. The van der Waals surface area contributed by atoms with E-state index in [9.17, 15) is 4.79 Å². The van der Waals surface area contributed by atoms with E-state index >= 15 is 0 Å². The molecule has 3 atom stereocenters. The topological polar surface area (TPSA) is 80.3 Å². The van der Waals surface area contributed by atoms with Crippen molar-refractivity contribution in [2.45, 2.75) is 37.7 Å². The fourth-order valence-electron chi connectivity index (χ4n) is 3.57. The Bertz CT molecular complexity index is 676. The molecule has 0 radical (unpaired) electrons. The Balaban J connectivity index is 1.50. The number of pyridine rings is 1. The third-order valence-electron chi connectivity index (χ3n) is 4.71. The first-order chi connectivity index (χ1) is 11.8. The zero-order chi connectivity index (χ0) is 16.4. The second-order valence-corrected chi connectivity index (χ2v) is 6.16. The molecule has 1 N–H and O–H groups in total. The van der Waals surface area contributed by atoms with E-state index in [1.807, 2.05) is 17.0 Å². The van der Waals surface area contributed by atoms with Crippen LogP contribution in [0, 0.1) is 0 Å². The van der Waals surface area contributed by atoms with Gasteiger partial charge < -0.3 is 14.4 Å². The van der Waals surface area contributed by atoms with Gasteiger partial charge in [-0.05, 0) is 30.5 Å². The van der Waals surface area contributed by atoms with Crippen LogP contribution in [0.5, 0.6) is 0 Å². The first kappa shape index (κ1) is 15.3. The summed E-state index contributed by atoms with van der Waals surface area (Å²) in [5, 5.41) is 6.63. The Kier molecular flexibility index (Phi) is 4.27. The maximum absolute atomic E-state index is 12.8. The number of hydrogen-bond donors (Lipinski definition) is 1. The highest BCUT2D eigenvalue weighted by Gasteiger charge is 2.45. The molecule has 1 amide bonds. The van der Waals surface area contributed by atoms with Gasteiger partial charge in [0, 0.05) is 25.1 Å². The lowest BCUT2D eigenvalue weighted by atomic mass is 10.1. The Morgan fingerprint density at radius 3 is 3.12 bits per heavy atom. The van der Waals surface area contributed by atoms with E-state index in [-0.39, 0.29) is 24.2 Å². The third kappa shape index (κ3) is 2.92. The van der Waals surface area contributed by atoms with Gasteiger partial charge in [-0.25, -0.2) is 0 Å². The van der Waals surface area contributed by atoms with Crippen LogP contribution in [0.2, 0.25) is 0 Å². The summed E-state index contributed by atoms with van der Waals surface area (Å²) in [5.41, 5.74) is 1.53. The predicted octanol–water partition coefficient (Wildman–Crippen LogP) is 1.39. The lowest BCUT2D eigenvalue weighted by Crippen LogP contribution is -2.46. The van der Waals surface area contributed by atoms with Crippen LogP contribution in [0.25, 0.3) is 0 Å². The van der Waals surface area contributed by atoms with Crippen molar-refractivity contribution in [3.05, 3.63) is 48.0 Å². The number of ether oxygens (including phenoxy) is 2. The van der Waals surface area contributed by atoms with Crippen molar-refractivity contribution in [3.8, 4) is 0 Å². The quantitative estimate of drug-likeness (QED) is 0.917. The summed E-state index contributed by atoms with van der Waals surface area (Å²) in [5.74, 6) is -0.0429. The van der Waals surface area contributed by atoms with Crippen molar-refractivity contribution in [2.24, 2.45) is 0 Å². The Morgan fingerprint density at radius 2 is 2.33 bits per heavy atom. The average molecular weight is 328 g/mol. The van der Waals surface area contributed by atoms with Gasteiger partial charge >= 0.3 is 0 Å². The van der Waals surface area contributed by atoms with Crippen LogP contribution in [0.15, 0.2) is 36.8 Å². The molecule has 2 fully saturated rings. The molecular formula is C17H20N4O3. The van der Waals surface area contributed by atoms with Gasteiger partial charge in [0.1, 0.15) is 11.8 Å². The normalized spacial score (nSPS) is 26.3. The first-order valence-electron chi connectivity index (χ1n) is 8.25. The fourth-order valence-corrected chi connectivity index (χ4v) is 3.57. The Morgan fingerprint density at radius 1 is 1.38 bits per heavy atom. The van der Waals surface area contributed by atoms with E-state index in [1.54, 1.807) is 24.7 Å². The molecule has 7 heteroatoms. The number of aromatic nitrogens is 3. The summed E-state index contributed by atoms with van der Waals surface area (Å²) in [6.07, 6.45) is 6.87. The number of amides is 1. The zero-order valence-electron chi connectivity index (χ0n) is 13.3. The Labute approximate surface area is 140 Å². The van der Waals surface area contributed by atoms with E-state index in [0.29, 0.717) is 25.5 Å². The highest BCUT2D eigenvalue weighted by molar-refractivity contribution is 5.92. The molecule has 0 aromatic carbocycles. The summed E-state index contributed by atoms with van der Waals surface area (Å²) in [6.45, 7) is 1.58. The van der Waals surface area contributed by atoms with Crippen LogP contribution < -0.4 is 0 Å². The molecule has 0 spiro atoms. The van der Waals surface area contributed by atoms with Gasteiger partial charge in [-0.2, -0.15) is 5.10 Å². The van der Waals surface area contributed by atoms with Crippen LogP contribution in [-0.2, 0) is 16.1 Å². The molecule has 2 aromatic rings. The largest absolute Gasteiger partial charge is 0.374 e. The summed E-state index contributed by atoms with van der Waals surface area (Å²) in [7, 11) is 0. The zero-order valence-corrected chi connectivity index (χ0v) is 13.3. The first-order valence-corrected chi connectivity index (χ1v) is 8.25. The number of nitrogens with one attached hydrogen (secondary N) is 1. The maximum atomic E-state index is 12.8. The van der Waals surface area contributed by atoms with E-state index in [2.05, 4.69) is 15.2 Å². The van der Waals surface area contributed by atoms with E-state index in [0.717, 1.165) is 18.4 Å². The molecule has 24 heavy (non-hydrogen) atoms. The molecule has 3 heterocycles. The monoisotopic (exact) mass is 328 g/mol. The number of H-pyrrole nitrogens is 1. The maximum Gasteiger partial charge on any atom is 0.272 e. The van der Waals surface area contributed by atoms with Crippen molar-refractivity contribution in [3.63, 3.8) is 0 Å². The van der Waals surface area contributed by atoms with Crippen LogP contribution in [0.4, 0.5) is 0 Å². The van der Waals surface area contributed by atoms with E-state index in [4.69, 9.17) is 9.47 Å². The van der Waals surface area contributed by atoms with Crippen LogP contribution >= 0.6 is 0 Å². The molecule has 1 saturated heterocycles. The summed E-state index contributed by atoms with van der Waals surface area (Å²) in [6, 6.07) is 5.61. The molecule has 2 bridgehead atoms. The molecule has 126 valence electrons. The molecule has 7 nitrogen and oxygen atoms in total. The highest BCUT2D eigenvalue weighted by atomic mass is 16.5. The van der Waals surface area contributed by atoms with Crippen molar-refractivity contribution in [1.29, 1.82) is 0 Å². The van der Waals surface area contributed by atoms with Crippen LogP contribution in [0.1, 0.15) is 28.9 Å². The van der Waals surface area contributed by atoms with Crippen molar-refractivity contribution in [1.82, 2.24) is 20.1 Å². The molecule has 1 saturated carbocycles. The van der Waals surface area contributed by atoms with Gasteiger partial charge in [0.15, 0.2) is 0 Å². The average Bonchev–Trinajstić information content (AvgIpc) is 3.22.